The van der Waals surface area contributed by atoms with Crippen molar-refractivity contribution in [1.29, 1.82) is 0 Å². The molecule has 4 aliphatic rings. The Balaban J connectivity index is 1.19. The largest absolute Gasteiger partial charge is 0.369 e. The molecule has 1 N–H and O–H groups in total. The fraction of sp³-hybridized carbons (Fsp3) is 0.538. The Kier molecular flexibility index (Phi) is 6.30. The van der Waals surface area contributed by atoms with Gasteiger partial charge < -0.3 is 23.4 Å². The maximum atomic E-state index is 12.7. The smallest absolute Gasteiger partial charge is 0.280 e. The lowest BCUT2D eigenvalue weighted by molar-refractivity contribution is -0.172. The van der Waals surface area contributed by atoms with Gasteiger partial charge in [0.1, 0.15) is 23.9 Å². The minimum absolute atomic E-state index is 0.0104. The first-order chi connectivity index (χ1) is 19.0. The predicted octanol–water partition coefficient (Wildman–Crippen LogP) is 3.27. The third kappa shape index (κ3) is 4.13. The molecular weight excluding hydrogens is 521 g/mol. The van der Waals surface area contributed by atoms with Crippen LogP contribution < -0.4 is 5.56 Å². The lowest BCUT2D eigenvalue weighted by Crippen LogP contribution is -2.41. The Morgan fingerprint density at radius 3 is 2.97 bits per heavy atom. The van der Waals surface area contributed by atoms with E-state index in [0.717, 1.165) is 19.4 Å². The number of hydrogen-bond acceptors (Lipinski definition) is 9. The van der Waals surface area contributed by atoms with E-state index in [1.165, 1.54) is 5.56 Å². The van der Waals surface area contributed by atoms with Gasteiger partial charge in [0.15, 0.2) is 17.4 Å². The van der Waals surface area contributed by atoms with Crippen molar-refractivity contribution in [2.24, 2.45) is 4.99 Å². The Morgan fingerprint density at radius 1 is 1.33 bits per heavy atom. The number of aromatic amines is 1. The molecule has 13 heteroatoms. The number of H-pyrrole nitrogens is 1. The van der Waals surface area contributed by atoms with Crippen molar-refractivity contribution in [1.82, 2.24) is 29.1 Å². The Hall–Kier alpha value is -2.73. The first kappa shape index (κ1) is 25.3. The van der Waals surface area contributed by atoms with Gasteiger partial charge in [0, 0.05) is 26.7 Å². The van der Waals surface area contributed by atoms with E-state index in [2.05, 4.69) is 55.8 Å². The fourth-order valence-electron chi connectivity index (χ4n) is 6.06. The van der Waals surface area contributed by atoms with Gasteiger partial charge in [-0.15, -0.1) is 0 Å². The summed E-state index contributed by atoms with van der Waals surface area (Å²) in [6.07, 6.45) is 4.79. The minimum atomic E-state index is -1.29. The van der Waals surface area contributed by atoms with Crippen LogP contribution in [-0.2, 0) is 18.5 Å². The van der Waals surface area contributed by atoms with E-state index in [1.54, 1.807) is 22.1 Å². The lowest BCUT2D eigenvalue weighted by atomic mass is 9.96. The van der Waals surface area contributed by atoms with Gasteiger partial charge in [-0.3, -0.25) is 14.3 Å². The monoisotopic (exact) mass is 553 g/mol. The Morgan fingerprint density at radius 2 is 2.18 bits per heavy atom. The van der Waals surface area contributed by atoms with Crippen LogP contribution in [0.2, 0.25) is 0 Å². The van der Waals surface area contributed by atoms with Gasteiger partial charge in [0.05, 0.1) is 19.3 Å². The molecule has 1 aromatic carbocycles. The summed E-state index contributed by atoms with van der Waals surface area (Å²) in [6.45, 7) is 3.47. The summed E-state index contributed by atoms with van der Waals surface area (Å²) in [4.78, 5) is 30.3. The topological polar surface area (TPSA) is 119 Å². The third-order valence-corrected chi connectivity index (χ3v) is 9.77. The molecule has 39 heavy (non-hydrogen) atoms. The second-order valence-electron chi connectivity index (χ2n) is 10.7. The molecule has 3 aromatic rings. The number of nitrogens with zero attached hydrogens (tertiary/aromatic N) is 6. The van der Waals surface area contributed by atoms with E-state index >= 15 is 0 Å². The molecule has 4 saturated heterocycles. The van der Waals surface area contributed by atoms with Crippen molar-refractivity contribution in [3.05, 3.63) is 52.6 Å². The van der Waals surface area contributed by atoms with E-state index in [4.69, 9.17) is 18.5 Å². The highest BCUT2D eigenvalue weighted by molar-refractivity contribution is 7.45. The van der Waals surface area contributed by atoms with Gasteiger partial charge in [-0.2, -0.15) is 4.98 Å². The zero-order valence-corrected chi connectivity index (χ0v) is 23.0. The summed E-state index contributed by atoms with van der Waals surface area (Å²) in [7, 11) is 2.40. The summed E-state index contributed by atoms with van der Waals surface area (Å²) >= 11 is 0. The molecule has 2 aromatic heterocycles. The zero-order chi connectivity index (χ0) is 26.7. The molecule has 0 radical (unpaired) electrons. The first-order valence-electron chi connectivity index (χ1n) is 13.4. The van der Waals surface area contributed by atoms with E-state index < -0.39 is 26.5 Å². The van der Waals surface area contributed by atoms with Gasteiger partial charge in [-0.25, -0.2) is 14.6 Å². The summed E-state index contributed by atoms with van der Waals surface area (Å²) in [5, 5.41) is 0. The highest BCUT2D eigenvalue weighted by Crippen LogP contribution is 2.63. The second kappa shape index (κ2) is 9.72. The van der Waals surface area contributed by atoms with Crippen molar-refractivity contribution in [2.75, 3.05) is 27.2 Å². The number of hydrogen-bond donors (Lipinski definition) is 1. The van der Waals surface area contributed by atoms with Crippen molar-refractivity contribution in [2.45, 2.75) is 62.4 Å². The average Bonchev–Trinajstić information content (AvgIpc) is 3.75. The molecule has 4 aliphatic heterocycles. The van der Waals surface area contributed by atoms with Gasteiger partial charge in [-0.1, -0.05) is 37.3 Å². The van der Waals surface area contributed by atoms with E-state index in [-0.39, 0.29) is 29.2 Å². The quantitative estimate of drug-likeness (QED) is 0.267. The lowest BCUT2D eigenvalue weighted by Gasteiger charge is -2.31. The van der Waals surface area contributed by atoms with Crippen LogP contribution >= 0.6 is 8.53 Å². The van der Waals surface area contributed by atoms with Crippen molar-refractivity contribution >= 4 is 32.0 Å². The van der Waals surface area contributed by atoms with Crippen molar-refractivity contribution < 1.29 is 18.5 Å². The highest BCUT2D eigenvalue weighted by Gasteiger charge is 2.64. The third-order valence-electron chi connectivity index (χ3n) is 8.04. The number of benzene rings is 1. The van der Waals surface area contributed by atoms with Gasteiger partial charge in [0.2, 0.25) is 5.95 Å². The molecule has 4 fully saturated rings. The summed E-state index contributed by atoms with van der Waals surface area (Å²) in [5.41, 5.74) is 0.804. The molecule has 12 nitrogen and oxygen atoms in total. The second-order valence-corrected chi connectivity index (χ2v) is 12.1. The number of aliphatic imine (C=N–C) groups is 1. The number of nitrogens with one attached hydrogen (secondary N) is 1. The Labute approximate surface area is 226 Å². The van der Waals surface area contributed by atoms with E-state index in [1.807, 2.05) is 20.2 Å². The molecule has 206 valence electrons. The number of rotatable bonds is 7. The van der Waals surface area contributed by atoms with Crippen LogP contribution in [0.25, 0.3) is 11.2 Å². The van der Waals surface area contributed by atoms with Gasteiger partial charge in [0.25, 0.3) is 14.1 Å². The maximum absolute atomic E-state index is 12.7. The van der Waals surface area contributed by atoms with Gasteiger partial charge >= 0.3 is 0 Å². The molecule has 0 aliphatic carbocycles. The minimum Gasteiger partial charge on any atom is -0.369 e. The Bertz CT molecular complexity index is 1450. The van der Waals surface area contributed by atoms with Gasteiger partial charge in [-0.05, 0) is 24.8 Å². The average molecular weight is 554 g/mol. The fourth-order valence-corrected chi connectivity index (χ4v) is 8.10. The molecule has 7 atom stereocenters. The molecule has 0 amide bonds. The molecule has 0 saturated carbocycles. The normalized spacial score (nSPS) is 34.0. The molecular formula is C26H32N7O5P. The maximum Gasteiger partial charge on any atom is 0.280 e. The van der Waals surface area contributed by atoms with Crippen LogP contribution in [0.4, 0.5) is 5.95 Å². The predicted molar refractivity (Wildman–Crippen MR) is 145 cm³/mol. The number of fused-ring (bicyclic) bond motifs is 4. The van der Waals surface area contributed by atoms with Crippen LogP contribution in [0.5, 0.6) is 0 Å². The summed E-state index contributed by atoms with van der Waals surface area (Å²) in [5.74, 6) is 0.194. The number of ether oxygens (including phenoxy) is 2. The molecule has 7 rings (SSSR count). The van der Waals surface area contributed by atoms with Crippen LogP contribution in [0, 0.1) is 0 Å². The van der Waals surface area contributed by atoms with Crippen LogP contribution in [-0.4, -0.2) is 86.5 Å². The highest BCUT2D eigenvalue weighted by atomic mass is 31.2. The van der Waals surface area contributed by atoms with Crippen molar-refractivity contribution in [3.63, 3.8) is 0 Å². The van der Waals surface area contributed by atoms with Crippen LogP contribution in [0.1, 0.15) is 44.1 Å². The number of aromatic nitrogens is 4. The number of imidazole rings is 1. The first-order valence-corrected chi connectivity index (χ1v) is 14.5. The standard InChI is InChI=1S/C26H32N7O5P/c1-4-26-13-35-20(21(26)38-39-33-12-8-11-17(33)19(37-39)16-9-6-5-7-10-16)24(36-26)32-15-27-18-22(32)29-25(30-23(18)34)28-14-31(2)3/h5-7,9-10,14-15,17,19-21,24H,4,8,11-13H2,1-3H3,(H,29,30,34)/b28-14+/t17-,19+,20?,21-,24-,26+,39+/m1/s1. The molecule has 6 heterocycles. The zero-order valence-electron chi connectivity index (χ0n) is 22.1. The van der Waals surface area contributed by atoms with E-state index in [0.29, 0.717) is 24.7 Å². The van der Waals surface area contributed by atoms with Crippen LogP contribution in [0.15, 0.2) is 46.4 Å². The summed E-state index contributed by atoms with van der Waals surface area (Å²) in [6, 6.07) is 10.7. The molecule has 0 spiro atoms. The van der Waals surface area contributed by atoms with Crippen molar-refractivity contribution in [3.8, 4) is 0 Å². The molecule has 2 bridgehead atoms. The summed E-state index contributed by atoms with van der Waals surface area (Å²) < 4.78 is 30.6. The van der Waals surface area contributed by atoms with E-state index in [9.17, 15) is 4.79 Å². The van der Waals surface area contributed by atoms with Crippen LogP contribution in [0.3, 0.4) is 0 Å². The SMILES string of the molecule is CC[C@@]12COC([C@H](n3cnc4c(=O)[nH]c(/N=C/N(C)C)nc43)O1)[C@H]2O[P@]1O[C@@H](c2ccccc2)[C@H]2CCCN21. The molecule has 1 unspecified atom stereocenters.